The van der Waals surface area contributed by atoms with Gasteiger partial charge in [0.05, 0.1) is 6.20 Å². The Morgan fingerprint density at radius 2 is 1.83 bits per heavy atom. The molecule has 0 bridgehead atoms. The highest BCUT2D eigenvalue weighted by molar-refractivity contribution is 5.34. The maximum atomic E-state index is 13.5. The van der Waals surface area contributed by atoms with Gasteiger partial charge in [0.2, 0.25) is 0 Å². The Bertz CT molecular complexity index is 590. The molecule has 1 aromatic heterocycles. The second kappa shape index (κ2) is 4.09. The van der Waals surface area contributed by atoms with Crippen LogP contribution in [-0.2, 0) is 5.60 Å². The maximum absolute atomic E-state index is 13.5. The number of rotatable bonds is 2. The largest absolute Gasteiger partial charge is 0.384 e. The van der Waals surface area contributed by atoms with Gasteiger partial charge in [-0.3, -0.25) is 0 Å². The molecule has 2 rings (SSSR count). The van der Waals surface area contributed by atoms with Crippen LogP contribution < -0.4 is 0 Å². The Hall–Kier alpha value is -1.89. The minimum Gasteiger partial charge on any atom is -0.384 e. The van der Waals surface area contributed by atoms with Crippen molar-refractivity contribution in [3.63, 3.8) is 0 Å². The van der Waals surface area contributed by atoms with Crippen LogP contribution in [0.2, 0.25) is 0 Å². The number of halogens is 3. The first-order valence-electron chi connectivity index (χ1n) is 5.10. The first kappa shape index (κ1) is 12.6. The van der Waals surface area contributed by atoms with E-state index >= 15 is 0 Å². The van der Waals surface area contributed by atoms with E-state index in [-0.39, 0.29) is 11.4 Å². The molecule has 1 heterocycles. The number of hydrogen-bond acceptors (Lipinski definition) is 3. The van der Waals surface area contributed by atoms with Gasteiger partial charge in [0.25, 0.3) is 0 Å². The van der Waals surface area contributed by atoms with E-state index in [2.05, 4.69) is 10.3 Å². The molecule has 7 heteroatoms. The molecule has 0 aliphatic heterocycles. The van der Waals surface area contributed by atoms with Crippen LogP contribution >= 0.6 is 0 Å². The Kier molecular flexibility index (Phi) is 2.86. The predicted molar refractivity (Wildman–Crippen MR) is 56.5 cm³/mol. The van der Waals surface area contributed by atoms with E-state index in [1.54, 1.807) is 0 Å². The summed E-state index contributed by atoms with van der Waals surface area (Å²) in [6.07, 6.45) is 1.25. The summed E-state index contributed by atoms with van der Waals surface area (Å²) in [4.78, 5) is 0. The zero-order chi connectivity index (χ0) is 13.5. The molecule has 0 saturated carbocycles. The van der Waals surface area contributed by atoms with Crippen LogP contribution in [0.15, 0.2) is 18.3 Å². The molecule has 0 unspecified atom stereocenters. The van der Waals surface area contributed by atoms with Crippen LogP contribution in [0, 0.1) is 17.5 Å². The van der Waals surface area contributed by atoms with Gasteiger partial charge in [-0.15, -0.1) is 5.10 Å². The van der Waals surface area contributed by atoms with Crippen molar-refractivity contribution in [1.29, 1.82) is 0 Å². The molecule has 0 aliphatic carbocycles. The fourth-order valence-corrected chi connectivity index (χ4v) is 1.35. The highest BCUT2D eigenvalue weighted by atomic mass is 19.2. The summed E-state index contributed by atoms with van der Waals surface area (Å²) in [6, 6.07) is 1.83. The van der Waals surface area contributed by atoms with Gasteiger partial charge in [0, 0.05) is 0 Å². The lowest BCUT2D eigenvalue weighted by molar-refractivity contribution is 0.0737. The summed E-state index contributed by atoms with van der Waals surface area (Å²) in [5, 5.41) is 16.9. The predicted octanol–water partition coefficient (Wildman–Crippen LogP) is 1.91. The molecule has 18 heavy (non-hydrogen) atoms. The molecule has 0 aliphatic rings. The van der Waals surface area contributed by atoms with Gasteiger partial charge in [0.15, 0.2) is 17.5 Å². The van der Waals surface area contributed by atoms with Crippen molar-refractivity contribution in [2.45, 2.75) is 19.4 Å². The molecule has 0 amide bonds. The molecule has 1 N–H and O–H groups in total. The smallest absolute Gasteiger partial charge is 0.196 e. The summed E-state index contributed by atoms with van der Waals surface area (Å²) in [5.41, 5.74) is -1.35. The molecular weight excluding hydrogens is 247 g/mol. The third-order valence-corrected chi connectivity index (χ3v) is 2.38. The van der Waals surface area contributed by atoms with Crippen molar-refractivity contribution in [3.8, 4) is 5.69 Å². The van der Waals surface area contributed by atoms with E-state index in [1.165, 1.54) is 20.0 Å². The van der Waals surface area contributed by atoms with Gasteiger partial charge >= 0.3 is 0 Å². The number of aliphatic hydroxyl groups is 1. The molecule has 0 fully saturated rings. The lowest BCUT2D eigenvalue weighted by Gasteiger charge is -2.11. The highest BCUT2D eigenvalue weighted by Crippen LogP contribution is 2.21. The average Bonchev–Trinajstić information content (AvgIpc) is 2.75. The quantitative estimate of drug-likeness (QED) is 0.836. The second-order valence-electron chi connectivity index (χ2n) is 4.30. The monoisotopic (exact) mass is 257 g/mol. The first-order valence-corrected chi connectivity index (χ1v) is 5.10. The van der Waals surface area contributed by atoms with Crippen LogP contribution in [0.25, 0.3) is 5.69 Å². The van der Waals surface area contributed by atoms with Crippen LogP contribution in [0.5, 0.6) is 0 Å². The molecular formula is C11H10F3N3O. The van der Waals surface area contributed by atoms with E-state index in [0.29, 0.717) is 0 Å². The fraction of sp³-hybridized carbons (Fsp3) is 0.273. The first-order chi connectivity index (χ1) is 8.30. The summed E-state index contributed by atoms with van der Waals surface area (Å²) in [7, 11) is 0. The fourth-order valence-electron chi connectivity index (χ4n) is 1.35. The lowest BCUT2D eigenvalue weighted by Crippen LogP contribution is -2.15. The summed E-state index contributed by atoms with van der Waals surface area (Å²) in [5.74, 6) is -4.21. The molecule has 0 radical (unpaired) electrons. The molecule has 2 aromatic rings. The minimum atomic E-state index is -1.58. The van der Waals surface area contributed by atoms with Gasteiger partial charge in [-0.05, 0) is 26.0 Å². The van der Waals surface area contributed by atoms with Gasteiger partial charge in [-0.1, -0.05) is 5.21 Å². The van der Waals surface area contributed by atoms with Crippen molar-refractivity contribution < 1.29 is 18.3 Å². The standard InChI is InChI=1S/C11H10F3N3O/c1-11(2,18)8-5-17(16-15-8)7-4-3-6(12)9(13)10(7)14/h3-5,18H,1-2H3. The van der Waals surface area contributed by atoms with E-state index in [0.717, 1.165) is 16.8 Å². The van der Waals surface area contributed by atoms with E-state index < -0.39 is 23.1 Å². The zero-order valence-electron chi connectivity index (χ0n) is 9.65. The van der Waals surface area contributed by atoms with E-state index in [4.69, 9.17) is 0 Å². The van der Waals surface area contributed by atoms with Crippen LogP contribution in [-0.4, -0.2) is 20.1 Å². The third kappa shape index (κ3) is 2.08. The number of aromatic nitrogens is 3. The topological polar surface area (TPSA) is 50.9 Å². The van der Waals surface area contributed by atoms with Crippen LogP contribution in [0.4, 0.5) is 13.2 Å². The number of hydrogen-bond donors (Lipinski definition) is 1. The molecule has 1 aromatic carbocycles. The van der Waals surface area contributed by atoms with Gasteiger partial charge in [-0.2, -0.15) is 0 Å². The second-order valence-corrected chi connectivity index (χ2v) is 4.30. The maximum Gasteiger partial charge on any atom is 0.196 e. The van der Waals surface area contributed by atoms with Crippen molar-refractivity contribution in [2.75, 3.05) is 0 Å². The Morgan fingerprint density at radius 3 is 2.39 bits per heavy atom. The van der Waals surface area contributed by atoms with Gasteiger partial charge < -0.3 is 5.11 Å². The summed E-state index contributed by atoms with van der Waals surface area (Å²) >= 11 is 0. The van der Waals surface area contributed by atoms with Crippen LogP contribution in [0.3, 0.4) is 0 Å². The Balaban J connectivity index is 2.50. The Labute approximate surface area is 101 Å². The van der Waals surface area contributed by atoms with Crippen LogP contribution in [0.1, 0.15) is 19.5 Å². The number of nitrogens with zero attached hydrogens (tertiary/aromatic N) is 3. The highest BCUT2D eigenvalue weighted by Gasteiger charge is 2.22. The lowest BCUT2D eigenvalue weighted by atomic mass is 10.1. The zero-order valence-corrected chi connectivity index (χ0v) is 9.65. The normalized spacial score (nSPS) is 11.9. The minimum absolute atomic E-state index is 0.187. The van der Waals surface area contributed by atoms with Crippen molar-refractivity contribution >= 4 is 0 Å². The molecule has 0 saturated heterocycles. The summed E-state index contributed by atoms with van der Waals surface area (Å²) < 4.78 is 40.2. The molecule has 0 spiro atoms. The molecule has 0 atom stereocenters. The molecule has 96 valence electrons. The van der Waals surface area contributed by atoms with E-state index in [1.807, 2.05) is 0 Å². The SMILES string of the molecule is CC(C)(O)c1cn(-c2ccc(F)c(F)c2F)nn1. The van der Waals surface area contributed by atoms with Crippen molar-refractivity contribution in [2.24, 2.45) is 0 Å². The van der Waals surface area contributed by atoms with Crippen molar-refractivity contribution in [1.82, 2.24) is 15.0 Å². The van der Waals surface area contributed by atoms with Crippen molar-refractivity contribution in [3.05, 3.63) is 41.5 Å². The average molecular weight is 257 g/mol. The number of benzene rings is 1. The van der Waals surface area contributed by atoms with Gasteiger partial charge in [-0.25, -0.2) is 17.9 Å². The van der Waals surface area contributed by atoms with E-state index in [9.17, 15) is 18.3 Å². The Morgan fingerprint density at radius 1 is 1.17 bits per heavy atom. The third-order valence-electron chi connectivity index (χ3n) is 2.38. The summed E-state index contributed by atoms with van der Waals surface area (Å²) in [6.45, 7) is 2.95. The molecule has 4 nitrogen and oxygen atoms in total. The van der Waals surface area contributed by atoms with Gasteiger partial charge in [0.1, 0.15) is 17.0 Å².